The monoisotopic (exact) mass is 246 g/mol. The van der Waals surface area contributed by atoms with Crippen LogP contribution in [0.15, 0.2) is 17.1 Å². The molecule has 2 nitrogen and oxygen atoms in total. The van der Waals surface area contributed by atoms with Crippen molar-refractivity contribution in [1.29, 1.82) is 0 Å². The molecule has 1 N–H and O–H groups in total. The zero-order chi connectivity index (χ0) is 13.6. The van der Waals surface area contributed by atoms with E-state index in [-0.39, 0.29) is 5.31 Å². The maximum atomic E-state index is 6.47. The molecule has 1 aliphatic carbocycles. The summed E-state index contributed by atoms with van der Waals surface area (Å²) in [4.78, 5) is 4.18. The molecule has 3 heteroatoms. The van der Waals surface area contributed by atoms with Crippen molar-refractivity contribution in [1.82, 2.24) is 5.32 Å². The predicted molar refractivity (Wildman–Crippen MR) is 81.5 cm³/mol. The number of nitrogens with zero attached hydrogens (tertiary/aromatic N) is 1. The van der Waals surface area contributed by atoms with Crippen molar-refractivity contribution in [3.05, 3.63) is 12.2 Å². The number of nitrogens with one attached hydrogen (secondary N) is 1. The second-order valence-corrected chi connectivity index (χ2v) is 5.72. The second-order valence-electron chi connectivity index (χ2n) is 5.72. The maximum Gasteiger partial charge on any atom is 0.0930 e. The van der Waals surface area contributed by atoms with E-state index in [0.717, 1.165) is 30.7 Å². The third kappa shape index (κ3) is 4.51. The van der Waals surface area contributed by atoms with Crippen LogP contribution in [-0.4, -0.2) is 26.8 Å². The summed E-state index contributed by atoms with van der Waals surface area (Å²) in [6.07, 6.45) is 8.14. The SMILES string of the molecule is [B]C1(C(=C)C)CCCCC(NC(C)=NC)CCC1. The Morgan fingerprint density at radius 2 is 1.83 bits per heavy atom. The molecule has 0 heterocycles. The van der Waals surface area contributed by atoms with E-state index >= 15 is 0 Å². The number of hydrogen-bond donors (Lipinski definition) is 1. The summed E-state index contributed by atoms with van der Waals surface area (Å²) in [7, 11) is 8.31. The van der Waals surface area contributed by atoms with Crippen molar-refractivity contribution in [3.63, 3.8) is 0 Å². The molecule has 0 aromatic carbocycles. The Bertz CT molecular complexity index is 312. The molecule has 0 saturated heterocycles. The molecule has 100 valence electrons. The van der Waals surface area contributed by atoms with Gasteiger partial charge in [-0.15, -0.1) is 6.58 Å². The minimum absolute atomic E-state index is 0.136. The van der Waals surface area contributed by atoms with Crippen LogP contribution in [0.25, 0.3) is 0 Å². The van der Waals surface area contributed by atoms with Gasteiger partial charge >= 0.3 is 0 Å². The van der Waals surface area contributed by atoms with E-state index < -0.39 is 0 Å². The topological polar surface area (TPSA) is 24.4 Å². The Hall–Kier alpha value is -0.725. The van der Waals surface area contributed by atoms with Gasteiger partial charge in [-0.05, 0) is 32.0 Å². The van der Waals surface area contributed by atoms with Crippen LogP contribution in [0.2, 0.25) is 5.31 Å². The molecule has 2 radical (unpaired) electrons. The zero-order valence-corrected chi connectivity index (χ0v) is 12.3. The maximum absolute atomic E-state index is 6.47. The lowest BCUT2D eigenvalue weighted by molar-refractivity contribution is 0.485. The summed E-state index contributed by atoms with van der Waals surface area (Å²) in [6, 6.07) is 0.557. The van der Waals surface area contributed by atoms with E-state index in [1.807, 2.05) is 14.0 Å². The summed E-state index contributed by atoms with van der Waals surface area (Å²) in [5.74, 6) is 1.04. The van der Waals surface area contributed by atoms with E-state index in [0.29, 0.717) is 6.04 Å². The lowest BCUT2D eigenvalue weighted by Gasteiger charge is -2.30. The first-order valence-corrected chi connectivity index (χ1v) is 7.13. The van der Waals surface area contributed by atoms with Crippen molar-refractivity contribution in [3.8, 4) is 0 Å². The number of rotatable bonds is 2. The number of allylic oxidation sites excluding steroid dienone is 1. The highest BCUT2D eigenvalue weighted by atomic mass is 15.0. The van der Waals surface area contributed by atoms with E-state index in [2.05, 4.69) is 23.8 Å². The highest BCUT2D eigenvalue weighted by Gasteiger charge is 2.25. The lowest BCUT2D eigenvalue weighted by Crippen LogP contribution is -2.33. The minimum atomic E-state index is -0.136. The predicted octanol–water partition coefficient (Wildman–Crippen LogP) is 3.64. The second kappa shape index (κ2) is 7.01. The molecular weight excluding hydrogens is 219 g/mol. The summed E-state index contributed by atoms with van der Waals surface area (Å²) >= 11 is 0. The molecular formula is C15H27BN2. The number of hydrogen-bond acceptors (Lipinski definition) is 1. The van der Waals surface area contributed by atoms with Gasteiger partial charge in [0.15, 0.2) is 0 Å². The first-order valence-electron chi connectivity index (χ1n) is 7.13. The van der Waals surface area contributed by atoms with Crippen LogP contribution in [0.1, 0.15) is 58.8 Å². The van der Waals surface area contributed by atoms with E-state index in [9.17, 15) is 0 Å². The molecule has 2 atom stereocenters. The first-order chi connectivity index (χ1) is 8.48. The van der Waals surface area contributed by atoms with Crippen molar-refractivity contribution < 1.29 is 0 Å². The van der Waals surface area contributed by atoms with E-state index in [1.54, 1.807) is 0 Å². The van der Waals surface area contributed by atoms with Gasteiger partial charge in [-0.2, -0.15) is 0 Å². The van der Waals surface area contributed by atoms with Crippen LogP contribution in [0, 0.1) is 0 Å². The van der Waals surface area contributed by atoms with Crippen LogP contribution in [0.5, 0.6) is 0 Å². The van der Waals surface area contributed by atoms with Crippen LogP contribution in [-0.2, 0) is 0 Å². The summed E-state index contributed by atoms with van der Waals surface area (Å²) in [5, 5.41) is 3.37. The van der Waals surface area contributed by atoms with Gasteiger partial charge in [0.05, 0.1) is 13.7 Å². The highest BCUT2D eigenvalue weighted by Crippen LogP contribution is 2.42. The van der Waals surface area contributed by atoms with Crippen LogP contribution in [0.3, 0.4) is 0 Å². The Kier molecular flexibility index (Phi) is 5.97. The molecule has 0 bridgehead atoms. The van der Waals surface area contributed by atoms with Crippen molar-refractivity contribution in [2.75, 3.05) is 7.05 Å². The van der Waals surface area contributed by atoms with Crippen LogP contribution < -0.4 is 5.32 Å². The summed E-state index contributed by atoms with van der Waals surface area (Å²) in [6.45, 7) is 8.18. The zero-order valence-electron chi connectivity index (χ0n) is 12.3. The Morgan fingerprint density at radius 3 is 2.44 bits per heavy atom. The van der Waals surface area contributed by atoms with E-state index in [1.165, 1.54) is 25.7 Å². The van der Waals surface area contributed by atoms with Gasteiger partial charge in [-0.1, -0.05) is 37.7 Å². The smallest absolute Gasteiger partial charge is 0.0930 e. The van der Waals surface area contributed by atoms with Gasteiger partial charge < -0.3 is 5.32 Å². The molecule has 1 saturated carbocycles. The third-order valence-electron chi connectivity index (χ3n) is 4.20. The molecule has 1 aliphatic rings. The molecule has 1 fully saturated rings. The highest BCUT2D eigenvalue weighted by molar-refractivity contribution is 6.17. The van der Waals surface area contributed by atoms with Gasteiger partial charge in [-0.25, -0.2) is 0 Å². The average molecular weight is 246 g/mol. The van der Waals surface area contributed by atoms with E-state index in [4.69, 9.17) is 7.85 Å². The standard InChI is InChI=1S/C15H27BN2/c1-12(2)15(16)10-6-5-8-14(9-7-11-15)18-13(3)17-4/h14H,1,5-11H2,2-4H3,(H,17,18). The lowest BCUT2D eigenvalue weighted by atomic mass is 9.59. The first kappa shape index (κ1) is 15.3. The average Bonchev–Trinajstić information content (AvgIpc) is 2.41. The van der Waals surface area contributed by atoms with Crippen molar-refractivity contribution in [2.24, 2.45) is 4.99 Å². The Labute approximate surface area is 114 Å². The molecule has 0 aromatic rings. The number of amidine groups is 1. The Balaban J connectivity index is 2.56. The third-order valence-corrected chi connectivity index (χ3v) is 4.20. The van der Waals surface area contributed by atoms with Gasteiger partial charge in [0.2, 0.25) is 0 Å². The molecule has 1 rings (SSSR count). The number of aliphatic imine (C=N–C) groups is 1. The fourth-order valence-electron chi connectivity index (χ4n) is 2.70. The van der Waals surface area contributed by atoms with Crippen molar-refractivity contribution in [2.45, 2.75) is 70.1 Å². The molecule has 18 heavy (non-hydrogen) atoms. The summed E-state index contributed by atoms with van der Waals surface area (Å²) in [5.41, 5.74) is 1.14. The molecule has 0 amide bonds. The largest absolute Gasteiger partial charge is 0.371 e. The van der Waals surface area contributed by atoms with Gasteiger partial charge in [0.1, 0.15) is 0 Å². The summed E-state index contributed by atoms with van der Waals surface area (Å²) < 4.78 is 0. The van der Waals surface area contributed by atoms with Gasteiger partial charge in [0.25, 0.3) is 0 Å². The van der Waals surface area contributed by atoms with Crippen LogP contribution >= 0.6 is 0 Å². The van der Waals surface area contributed by atoms with Gasteiger partial charge in [0, 0.05) is 13.1 Å². The van der Waals surface area contributed by atoms with Crippen LogP contribution in [0.4, 0.5) is 0 Å². The normalized spacial score (nSPS) is 31.1. The molecule has 0 aromatic heterocycles. The molecule has 0 aliphatic heterocycles. The molecule has 0 spiro atoms. The fraction of sp³-hybridized carbons (Fsp3) is 0.800. The quantitative estimate of drug-likeness (QED) is 0.342. The van der Waals surface area contributed by atoms with Crippen molar-refractivity contribution >= 4 is 13.7 Å². The minimum Gasteiger partial charge on any atom is -0.371 e. The molecule has 2 unspecified atom stereocenters. The fourth-order valence-corrected chi connectivity index (χ4v) is 2.70. The van der Waals surface area contributed by atoms with Gasteiger partial charge in [-0.3, -0.25) is 4.99 Å². The Morgan fingerprint density at radius 1 is 1.22 bits per heavy atom.